The van der Waals surface area contributed by atoms with Crippen LogP contribution in [0, 0.1) is 5.92 Å². The minimum Gasteiger partial charge on any atom is -0.353 e. The van der Waals surface area contributed by atoms with Crippen molar-refractivity contribution in [3.8, 4) is 0 Å². The van der Waals surface area contributed by atoms with Crippen LogP contribution in [0.4, 0.5) is 0 Å². The Kier molecular flexibility index (Phi) is 4.53. The van der Waals surface area contributed by atoms with Crippen molar-refractivity contribution in [3.63, 3.8) is 0 Å². The summed E-state index contributed by atoms with van der Waals surface area (Å²) in [6.45, 7) is 1.34. The molecule has 1 saturated carbocycles. The van der Waals surface area contributed by atoms with Gasteiger partial charge in [-0.1, -0.05) is 30.3 Å². The number of hydrogen-bond donors (Lipinski definition) is 4. The minimum atomic E-state index is -0.247. The van der Waals surface area contributed by atoms with Crippen molar-refractivity contribution in [1.82, 2.24) is 16.2 Å². The topological polar surface area (TPSA) is 79.2 Å². The number of hydrogen-bond acceptors (Lipinski definition) is 4. The van der Waals surface area contributed by atoms with Gasteiger partial charge in [-0.25, -0.2) is 0 Å². The van der Waals surface area contributed by atoms with Gasteiger partial charge in [-0.2, -0.15) is 0 Å². The molecule has 114 valence electrons. The molecule has 21 heavy (non-hydrogen) atoms. The van der Waals surface area contributed by atoms with Gasteiger partial charge < -0.3 is 11.1 Å². The number of fused-ring (bicyclic) bond motifs is 1. The van der Waals surface area contributed by atoms with Crippen LogP contribution in [0.25, 0.3) is 0 Å². The van der Waals surface area contributed by atoms with Gasteiger partial charge in [-0.15, -0.1) is 0 Å². The normalized spacial score (nSPS) is 29.7. The fourth-order valence-electron chi connectivity index (χ4n) is 3.51. The van der Waals surface area contributed by atoms with Gasteiger partial charge >= 0.3 is 0 Å². The van der Waals surface area contributed by atoms with Crippen molar-refractivity contribution in [2.75, 3.05) is 13.1 Å². The lowest BCUT2D eigenvalue weighted by atomic mass is 9.82. The third-order valence-corrected chi connectivity index (χ3v) is 4.73. The largest absolute Gasteiger partial charge is 0.353 e. The standard InChI is InChI=1S/C16H24N4O/c17-9-14(11-4-2-1-3-5-11)16(21)19-13-6-7-15-12(8-13)10-18-20-15/h1-5,12-15,18,20H,6-10,17H2,(H,19,21). The molecule has 5 nitrogen and oxygen atoms in total. The fraction of sp³-hybridized carbons (Fsp3) is 0.562. The first-order valence-corrected chi connectivity index (χ1v) is 7.81. The monoisotopic (exact) mass is 288 g/mol. The van der Waals surface area contributed by atoms with Crippen molar-refractivity contribution in [3.05, 3.63) is 35.9 Å². The number of benzene rings is 1. The zero-order chi connectivity index (χ0) is 14.7. The Morgan fingerprint density at radius 1 is 1.33 bits per heavy atom. The SMILES string of the molecule is NCC(C(=O)NC1CCC2NNCC2C1)c1ccccc1. The van der Waals surface area contributed by atoms with E-state index in [4.69, 9.17) is 5.73 Å². The number of rotatable bonds is 4. The second-order valence-electron chi connectivity index (χ2n) is 6.11. The highest BCUT2D eigenvalue weighted by atomic mass is 16.2. The highest BCUT2D eigenvalue weighted by Crippen LogP contribution is 2.27. The molecule has 4 unspecified atom stereocenters. The number of nitrogens with two attached hydrogens (primary N) is 1. The summed E-state index contributed by atoms with van der Waals surface area (Å²) in [4.78, 5) is 12.5. The number of amides is 1. The van der Waals surface area contributed by atoms with Crippen molar-refractivity contribution in [2.24, 2.45) is 11.7 Å². The second kappa shape index (κ2) is 6.56. The smallest absolute Gasteiger partial charge is 0.229 e. The first-order chi connectivity index (χ1) is 10.3. The van der Waals surface area contributed by atoms with Crippen LogP contribution < -0.4 is 21.9 Å². The lowest BCUT2D eigenvalue weighted by molar-refractivity contribution is -0.123. The third-order valence-electron chi connectivity index (χ3n) is 4.73. The van der Waals surface area contributed by atoms with E-state index in [1.165, 1.54) is 0 Å². The lowest BCUT2D eigenvalue weighted by Crippen LogP contribution is -2.46. The van der Waals surface area contributed by atoms with E-state index in [9.17, 15) is 4.79 Å². The fourth-order valence-corrected chi connectivity index (χ4v) is 3.51. The Morgan fingerprint density at radius 3 is 2.90 bits per heavy atom. The van der Waals surface area contributed by atoms with Crippen molar-refractivity contribution in [2.45, 2.75) is 37.3 Å². The van der Waals surface area contributed by atoms with Gasteiger partial charge in [-0.3, -0.25) is 15.6 Å². The van der Waals surface area contributed by atoms with Crippen LogP contribution in [-0.2, 0) is 4.79 Å². The average Bonchev–Trinajstić information content (AvgIpc) is 2.96. The molecule has 5 heteroatoms. The van der Waals surface area contributed by atoms with E-state index >= 15 is 0 Å². The molecule has 2 aliphatic rings. The summed E-state index contributed by atoms with van der Waals surface area (Å²) in [6, 6.07) is 10.6. The maximum absolute atomic E-state index is 12.5. The van der Waals surface area contributed by atoms with Gasteiger partial charge in [0.05, 0.1) is 5.92 Å². The van der Waals surface area contributed by atoms with Crippen LogP contribution in [-0.4, -0.2) is 31.1 Å². The van der Waals surface area contributed by atoms with Gasteiger partial charge in [0, 0.05) is 25.2 Å². The molecule has 4 atom stereocenters. The summed E-state index contributed by atoms with van der Waals surface area (Å²) in [7, 11) is 0. The van der Waals surface area contributed by atoms with E-state index in [1.807, 2.05) is 30.3 Å². The molecule has 0 spiro atoms. The molecule has 1 aromatic rings. The molecule has 1 saturated heterocycles. The maximum Gasteiger partial charge on any atom is 0.229 e. The number of nitrogens with one attached hydrogen (secondary N) is 3. The van der Waals surface area contributed by atoms with Gasteiger partial charge in [0.25, 0.3) is 0 Å². The molecular weight excluding hydrogens is 264 g/mol. The van der Waals surface area contributed by atoms with E-state index in [1.54, 1.807) is 0 Å². The van der Waals surface area contributed by atoms with Gasteiger partial charge in [0.2, 0.25) is 5.91 Å². The van der Waals surface area contributed by atoms with Crippen LogP contribution in [0.5, 0.6) is 0 Å². The highest BCUT2D eigenvalue weighted by molar-refractivity contribution is 5.84. The third kappa shape index (κ3) is 3.26. The van der Waals surface area contributed by atoms with Crippen LogP contribution in [0.15, 0.2) is 30.3 Å². The molecular formula is C16H24N4O. The minimum absolute atomic E-state index is 0.0612. The summed E-state index contributed by atoms with van der Waals surface area (Å²) in [5.41, 5.74) is 13.3. The molecule has 2 fully saturated rings. The van der Waals surface area contributed by atoms with Crippen LogP contribution in [0.1, 0.15) is 30.7 Å². The number of carbonyl (C=O) groups excluding carboxylic acids is 1. The molecule has 5 N–H and O–H groups in total. The molecule has 1 aromatic carbocycles. The van der Waals surface area contributed by atoms with E-state index in [0.29, 0.717) is 18.5 Å². The highest BCUT2D eigenvalue weighted by Gasteiger charge is 2.34. The molecule has 0 radical (unpaired) electrons. The van der Waals surface area contributed by atoms with Gasteiger partial charge in [0.1, 0.15) is 0 Å². The maximum atomic E-state index is 12.5. The summed E-state index contributed by atoms with van der Waals surface area (Å²) in [5.74, 6) is 0.437. The molecule has 1 aliphatic heterocycles. The molecule has 1 amide bonds. The van der Waals surface area contributed by atoms with Crippen molar-refractivity contribution >= 4 is 5.91 Å². The number of hydrazine groups is 1. The average molecular weight is 288 g/mol. The van der Waals surface area contributed by atoms with Crippen molar-refractivity contribution < 1.29 is 4.79 Å². The molecule has 3 rings (SSSR count). The Balaban J connectivity index is 1.60. The van der Waals surface area contributed by atoms with Crippen LogP contribution in [0.2, 0.25) is 0 Å². The molecule has 0 aromatic heterocycles. The molecule has 0 bridgehead atoms. The Morgan fingerprint density at radius 2 is 2.14 bits per heavy atom. The Labute approximate surface area is 125 Å². The van der Waals surface area contributed by atoms with E-state index in [-0.39, 0.29) is 17.9 Å². The summed E-state index contributed by atoms with van der Waals surface area (Å²) < 4.78 is 0. The zero-order valence-electron chi connectivity index (χ0n) is 12.2. The Bertz CT molecular complexity index is 478. The zero-order valence-corrected chi connectivity index (χ0v) is 12.2. The summed E-state index contributed by atoms with van der Waals surface area (Å²) in [5, 5.41) is 3.21. The van der Waals surface area contributed by atoms with Crippen LogP contribution in [0.3, 0.4) is 0 Å². The molecule has 1 aliphatic carbocycles. The first-order valence-electron chi connectivity index (χ1n) is 7.81. The number of carbonyl (C=O) groups is 1. The van der Waals surface area contributed by atoms with Gasteiger partial charge in [0.15, 0.2) is 0 Å². The van der Waals surface area contributed by atoms with E-state index < -0.39 is 0 Å². The van der Waals surface area contributed by atoms with E-state index in [2.05, 4.69) is 16.2 Å². The predicted octanol–water partition coefficient (Wildman–Crippen LogP) is 0.490. The quantitative estimate of drug-likeness (QED) is 0.650. The predicted molar refractivity (Wildman–Crippen MR) is 82.4 cm³/mol. The van der Waals surface area contributed by atoms with Gasteiger partial charge in [-0.05, 0) is 30.7 Å². The summed E-state index contributed by atoms with van der Waals surface area (Å²) in [6.07, 6.45) is 3.19. The van der Waals surface area contributed by atoms with Crippen molar-refractivity contribution in [1.29, 1.82) is 0 Å². The summed E-state index contributed by atoms with van der Waals surface area (Å²) >= 11 is 0. The van der Waals surface area contributed by atoms with Crippen LogP contribution >= 0.6 is 0 Å². The molecule has 1 heterocycles. The first kappa shape index (κ1) is 14.5. The lowest BCUT2D eigenvalue weighted by Gasteiger charge is -2.32. The van der Waals surface area contributed by atoms with E-state index in [0.717, 1.165) is 31.4 Å². The second-order valence-corrected chi connectivity index (χ2v) is 6.11. The Hall–Kier alpha value is -1.43.